The number of H-pyrrole nitrogens is 1. The summed E-state index contributed by atoms with van der Waals surface area (Å²) >= 11 is 0. The van der Waals surface area contributed by atoms with Crippen LogP contribution in [-0.4, -0.2) is 25.1 Å². The van der Waals surface area contributed by atoms with Crippen LogP contribution in [0.1, 0.15) is 31.9 Å². The number of hydrogen-bond acceptors (Lipinski definition) is 5. The first kappa shape index (κ1) is 25.3. The average Bonchev–Trinajstić information content (AvgIpc) is 2.77. The van der Waals surface area contributed by atoms with Crippen LogP contribution >= 0.6 is 0 Å². The van der Waals surface area contributed by atoms with Gasteiger partial charge in [-0.25, -0.2) is 22.7 Å². The second kappa shape index (κ2) is 9.03. The molecule has 0 unspecified atom stereocenters. The predicted molar refractivity (Wildman–Crippen MR) is 138 cm³/mol. The molecule has 4 aromatic rings. The molecule has 0 aliphatic rings. The van der Waals surface area contributed by atoms with Crippen LogP contribution in [0.5, 0.6) is 5.75 Å². The minimum absolute atomic E-state index is 0.0272. The molecule has 0 radical (unpaired) electrons. The van der Waals surface area contributed by atoms with Crippen molar-refractivity contribution >= 4 is 20.8 Å². The van der Waals surface area contributed by atoms with E-state index in [2.05, 4.69) is 4.98 Å². The van der Waals surface area contributed by atoms with Gasteiger partial charge in [-0.2, -0.15) is 0 Å². The van der Waals surface area contributed by atoms with Crippen LogP contribution < -0.4 is 21.1 Å². The summed E-state index contributed by atoms with van der Waals surface area (Å²) in [5.74, 6) is -0.663. The Balaban J connectivity index is 2.00. The van der Waals surface area contributed by atoms with E-state index in [1.54, 1.807) is 42.5 Å². The van der Waals surface area contributed by atoms with Crippen LogP contribution in [0.25, 0.3) is 27.6 Å². The van der Waals surface area contributed by atoms with Crippen LogP contribution in [0, 0.1) is 5.82 Å². The first-order chi connectivity index (χ1) is 16.8. The van der Waals surface area contributed by atoms with Gasteiger partial charge in [-0.05, 0) is 39.4 Å². The monoisotopic (exact) mass is 511 g/mol. The van der Waals surface area contributed by atoms with Crippen molar-refractivity contribution in [2.75, 3.05) is 7.11 Å². The summed E-state index contributed by atoms with van der Waals surface area (Å²) < 4.78 is 45.9. The van der Waals surface area contributed by atoms with Gasteiger partial charge in [-0.1, -0.05) is 51.1 Å². The highest BCUT2D eigenvalue weighted by Crippen LogP contribution is 2.43. The molecule has 3 N–H and O–H groups in total. The van der Waals surface area contributed by atoms with Gasteiger partial charge in [0.25, 0.3) is 5.56 Å². The summed E-state index contributed by atoms with van der Waals surface area (Å²) in [7, 11) is -2.23. The number of primary sulfonamides is 1. The van der Waals surface area contributed by atoms with Gasteiger partial charge in [0.15, 0.2) is 5.82 Å². The highest BCUT2D eigenvalue weighted by atomic mass is 32.2. The molecule has 1 aromatic heterocycles. The summed E-state index contributed by atoms with van der Waals surface area (Å²) in [4.78, 5) is 26.3. The first-order valence-electron chi connectivity index (χ1n) is 11.1. The molecular formula is C26H26FN3O5S. The van der Waals surface area contributed by atoms with Gasteiger partial charge < -0.3 is 4.74 Å². The zero-order valence-electron chi connectivity index (χ0n) is 20.3. The maximum atomic E-state index is 16.2. The molecular weight excluding hydrogens is 485 g/mol. The lowest BCUT2D eigenvalue weighted by atomic mass is 9.83. The number of nitrogens with zero attached hydrogens (tertiary/aromatic N) is 1. The largest absolute Gasteiger partial charge is 0.496 e. The van der Waals surface area contributed by atoms with Crippen molar-refractivity contribution in [2.45, 2.75) is 31.9 Å². The van der Waals surface area contributed by atoms with Crippen molar-refractivity contribution in [3.63, 3.8) is 0 Å². The quantitative estimate of drug-likeness (QED) is 0.424. The highest BCUT2D eigenvalue weighted by Gasteiger charge is 2.28. The molecule has 0 fully saturated rings. The molecule has 0 atom stereocenters. The van der Waals surface area contributed by atoms with E-state index < -0.39 is 32.5 Å². The lowest BCUT2D eigenvalue weighted by Gasteiger charge is -2.26. The molecule has 3 aromatic carbocycles. The predicted octanol–water partition coefficient (Wildman–Crippen LogP) is 3.58. The zero-order chi connectivity index (χ0) is 26.4. The molecule has 10 heteroatoms. The minimum atomic E-state index is -3.68. The number of benzene rings is 3. The summed E-state index contributed by atoms with van der Waals surface area (Å²) in [6.07, 6.45) is 1.23. The number of rotatable bonds is 5. The molecule has 4 rings (SSSR count). The third-order valence-electron chi connectivity index (χ3n) is 5.85. The smallest absolute Gasteiger partial charge is 0.333 e. The Bertz CT molecular complexity index is 1720. The third-order valence-corrected chi connectivity index (χ3v) is 6.59. The Morgan fingerprint density at radius 3 is 2.31 bits per heavy atom. The number of nitrogens with two attached hydrogens (primary N) is 1. The van der Waals surface area contributed by atoms with E-state index in [-0.39, 0.29) is 17.0 Å². The zero-order valence-corrected chi connectivity index (χ0v) is 21.1. The standard InChI is InChI=1S/C26H26FN3O5S/c1-26(2,3)19-13-20(30-10-9-21(31)29-25(30)32)23(27)22(24(19)35-4)18-8-7-16-11-15(14-36(28,33)34)5-6-17(16)12-18/h5-13H,14H2,1-4H3,(H2,28,33,34)(H,29,31,32). The van der Waals surface area contributed by atoms with Crippen LogP contribution in [0.2, 0.25) is 0 Å². The van der Waals surface area contributed by atoms with Crippen molar-refractivity contribution in [1.29, 1.82) is 0 Å². The molecule has 188 valence electrons. The lowest BCUT2D eigenvalue weighted by molar-refractivity contribution is 0.396. The molecule has 0 amide bonds. The SMILES string of the molecule is COc1c(C(C)(C)C)cc(-n2ccc(=O)[nH]c2=O)c(F)c1-c1ccc2cc(CS(N)(=O)=O)ccc2c1. The Kier molecular flexibility index (Phi) is 6.36. The number of hydrogen-bond donors (Lipinski definition) is 2. The second-order valence-corrected chi connectivity index (χ2v) is 11.2. The Hall–Kier alpha value is -3.76. The van der Waals surface area contributed by atoms with Crippen LogP contribution in [0.15, 0.2) is 64.3 Å². The van der Waals surface area contributed by atoms with E-state index in [1.165, 1.54) is 13.3 Å². The minimum Gasteiger partial charge on any atom is -0.496 e. The first-order valence-corrected chi connectivity index (χ1v) is 12.8. The summed E-state index contributed by atoms with van der Waals surface area (Å²) in [5, 5.41) is 6.66. The molecule has 0 bridgehead atoms. The summed E-state index contributed by atoms with van der Waals surface area (Å²) in [6.45, 7) is 5.83. The van der Waals surface area contributed by atoms with Gasteiger partial charge in [0, 0.05) is 17.8 Å². The Labute approximate surface area is 207 Å². The van der Waals surface area contributed by atoms with E-state index in [9.17, 15) is 18.0 Å². The molecule has 0 aliphatic heterocycles. The average molecular weight is 512 g/mol. The number of aromatic amines is 1. The van der Waals surface area contributed by atoms with Crippen LogP contribution in [0.4, 0.5) is 4.39 Å². The lowest BCUT2D eigenvalue weighted by Crippen LogP contribution is -2.28. The van der Waals surface area contributed by atoms with Crippen molar-refractivity contribution < 1.29 is 17.5 Å². The third kappa shape index (κ3) is 4.95. The Morgan fingerprint density at radius 1 is 1.03 bits per heavy atom. The summed E-state index contributed by atoms with van der Waals surface area (Å²) in [6, 6.07) is 13.0. The second-order valence-electron chi connectivity index (χ2n) is 9.60. The van der Waals surface area contributed by atoms with Crippen molar-refractivity contribution in [2.24, 2.45) is 5.14 Å². The maximum absolute atomic E-state index is 16.2. The molecule has 0 spiro atoms. The highest BCUT2D eigenvalue weighted by molar-refractivity contribution is 7.88. The maximum Gasteiger partial charge on any atom is 0.333 e. The van der Waals surface area contributed by atoms with Gasteiger partial charge in [0.05, 0.1) is 24.1 Å². The number of aromatic nitrogens is 2. The summed E-state index contributed by atoms with van der Waals surface area (Å²) in [5.41, 5.74) is 0.00783. The molecule has 0 aliphatic carbocycles. The van der Waals surface area contributed by atoms with Crippen LogP contribution in [-0.2, 0) is 21.2 Å². The van der Waals surface area contributed by atoms with E-state index in [4.69, 9.17) is 9.88 Å². The molecule has 36 heavy (non-hydrogen) atoms. The van der Waals surface area contributed by atoms with Crippen molar-refractivity contribution in [1.82, 2.24) is 9.55 Å². The number of fused-ring (bicyclic) bond motifs is 1. The van der Waals surface area contributed by atoms with E-state index in [1.807, 2.05) is 20.8 Å². The fourth-order valence-corrected chi connectivity index (χ4v) is 4.85. The molecule has 0 saturated heterocycles. The number of methoxy groups -OCH3 is 1. The van der Waals surface area contributed by atoms with Gasteiger partial charge in [0.1, 0.15) is 5.75 Å². The normalized spacial score (nSPS) is 12.2. The fraction of sp³-hybridized carbons (Fsp3) is 0.231. The Morgan fingerprint density at radius 2 is 1.69 bits per heavy atom. The van der Waals surface area contributed by atoms with Gasteiger partial charge in [-0.3, -0.25) is 14.3 Å². The van der Waals surface area contributed by atoms with E-state index in [0.717, 1.165) is 21.4 Å². The van der Waals surface area contributed by atoms with Gasteiger partial charge >= 0.3 is 5.69 Å². The van der Waals surface area contributed by atoms with Crippen molar-refractivity contribution in [3.8, 4) is 22.6 Å². The fourth-order valence-electron chi connectivity index (χ4n) is 4.21. The molecule has 8 nitrogen and oxygen atoms in total. The molecule has 1 heterocycles. The number of halogens is 1. The van der Waals surface area contributed by atoms with E-state index >= 15 is 4.39 Å². The molecule has 0 saturated carbocycles. The van der Waals surface area contributed by atoms with Crippen LogP contribution in [0.3, 0.4) is 0 Å². The topological polar surface area (TPSA) is 124 Å². The van der Waals surface area contributed by atoms with Crippen molar-refractivity contribution in [3.05, 3.63) is 92.5 Å². The number of nitrogens with one attached hydrogen (secondary N) is 1. The van der Waals surface area contributed by atoms with Gasteiger partial charge in [0.2, 0.25) is 10.0 Å². The number of ether oxygens (including phenoxy) is 1. The number of sulfonamides is 1. The van der Waals surface area contributed by atoms with E-state index in [0.29, 0.717) is 22.4 Å². The van der Waals surface area contributed by atoms with Gasteiger partial charge in [-0.15, -0.1) is 0 Å².